The molecule has 2 fully saturated rings. The highest BCUT2D eigenvalue weighted by atomic mass is 35.5. The van der Waals surface area contributed by atoms with Gasteiger partial charge in [-0.3, -0.25) is 9.59 Å². The van der Waals surface area contributed by atoms with Crippen molar-refractivity contribution in [1.29, 1.82) is 0 Å². The van der Waals surface area contributed by atoms with Gasteiger partial charge in [0.2, 0.25) is 5.91 Å². The van der Waals surface area contributed by atoms with Crippen molar-refractivity contribution in [3.63, 3.8) is 0 Å². The summed E-state index contributed by atoms with van der Waals surface area (Å²) in [4.78, 5) is 41.7. The number of anilines is 1. The number of halogens is 1. The van der Waals surface area contributed by atoms with Crippen molar-refractivity contribution >= 4 is 35.1 Å². The Hall–Kier alpha value is -2.12. The van der Waals surface area contributed by atoms with E-state index in [0.717, 1.165) is 24.5 Å². The Morgan fingerprint density at radius 2 is 1.86 bits per heavy atom. The molecule has 7 nitrogen and oxygen atoms in total. The van der Waals surface area contributed by atoms with Gasteiger partial charge in [-0.25, -0.2) is 9.69 Å². The molecule has 2 heterocycles. The minimum absolute atomic E-state index is 0.316. The van der Waals surface area contributed by atoms with E-state index < -0.39 is 23.5 Å². The Morgan fingerprint density at radius 1 is 1.21 bits per heavy atom. The third kappa shape index (κ3) is 4.00. The summed E-state index contributed by atoms with van der Waals surface area (Å²) in [6, 6.07) is 5.40. The van der Waals surface area contributed by atoms with E-state index in [1.165, 1.54) is 0 Å². The number of hydrogen-bond acceptors (Lipinski definition) is 4. The van der Waals surface area contributed by atoms with E-state index in [2.05, 4.69) is 29.4 Å². The van der Waals surface area contributed by atoms with Gasteiger partial charge in [-0.15, -0.1) is 0 Å². The summed E-state index contributed by atoms with van der Waals surface area (Å²) >= 11 is 6.08. The molecule has 2 aliphatic heterocycles. The van der Waals surface area contributed by atoms with E-state index in [0.29, 0.717) is 29.5 Å². The number of benzene rings is 1. The summed E-state index contributed by atoms with van der Waals surface area (Å²) in [5.41, 5.74) is -0.450. The summed E-state index contributed by atoms with van der Waals surface area (Å²) < 4.78 is 0. The highest BCUT2D eigenvalue weighted by molar-refractivity contribution is 6.33. The van der Waals surface area contributed by atoms with Gasteiger partial charge in [-0.05, 0) is 37.8 Å². The van der Waals surface area contributed by atoms with E-state index in [4.69, 9.17) is 11.6 Å². The molecular weight excluding hydrogens is 380 g/mol. The van der Waals surface area contributed by atoms with Crippen molar-refractivity contribution in [3.05, 3.63) is 29.3 Å². The van der Waals surface area contributed by atoms with Gasteiger partial charge >= 0.3 is 6.03 Å². The van der Waals surface area contributed by atoms with Crippen LogP contribution in [0.25, 0.3) is 0 Å². The van der Waals surface area contributed by atoms with Gasteiger partial charge in [0, 0.05) is 19.6 Å². The van der Waals surface area contributed by atoms with Crippen molar-refractivity contribution in [3.8, 4) is 0 Å². The van der Waals surface area contributed by atoms with Crippen LogP contribution in [0, 0.1) is 5.92 Å². The number of likely N-dealkylation sites (tertiary alicyclic amines) is 1. The second-order valence-electron chi connectivity index (χ2n) is 8.03. The molecule has 0 radical (unpaired) electrons. The number of nitrogens with one attached hydrogen (secondary N) is 2. The predicted molar refractivity (Wildman–Crippen MR) is 108 cm³/mol. The molecule has 8 heteroatoms. The second-order valence-corrected chi connectivity index (χ2v) is 8.43. The van der Waals surface area contributed by atoms with Crippen LogP contribution in [0.15, 0.2) is 24.3 Å². The molecule has 2 N–H and O–H groups in total. The van der Waals surface area contributed by atoms with Gasteiger partial charge in [0.25, 0.3) is 5.91 Å². The molecule has 3 rings (SSSR count). The monoisotopic (exact) mass is 406 g/mol. The van der Waals surface area contributed by atoms with Crippen molar-refractivity contribution in [2.24, 2.45) is 5.92 Å². The highest BCUT2D eigenvalue weighted by Gasteiger charge is 2.54. The van der Waals surface area contributed by atoms with Crippen LogP contribution in [-0.4, -0.2) is 58.9 Å². The zero-order valence-corrected chi connectivity index (χ0v) is 17.3. The Kier molecular flexibility index (Phi) is 5.95. The number of piperidine rings is 1. The number of hydrogen-bond donors (Lipinski definition) is 2. The molecule has 0 aliphatic carbocycles. The Morgan fingerprint density at radius 3 is 2.46 bits per heavy atom. The molecule has 2 saturated heterocycles. The fourth-order valence-corrected chi connectivity index (χ4v) is 4.07. The molecule has 1 aromatic carbocycles. The maximum atomic E-state index is 13.1. The van der Waals surface area contributed by atoms with Gasteiger partial charge in [0.1, 0.15) is 11.6 Å². The number of amides is 4. The number of carbonyl (C=O) groups excluding carboxylic acids is 3. The van der Waals surface area contributed by atoms with Crippen LogP contribution < -0.4 is 10.6 Å². The fraction of sp³-hybridized carbons (Fsp3) is 0.550. The van der Waals surface area contributed by atoms with Crippen molar-refractivity contribution in [2.75, 3.05) is 25.0 Å². The smallest absolute Gasteiger partial charge is 0.323 e. The number of carbonyl (C=O) groups is 3. The molecule has 1 aromatic rings. The van der Waals surface area contributed by atoms with Crippen LogP contribution in [0.3, 0.4) is 0 Å². The first kappa shape index (κ1) is 20.6. The molecule has 152 valence electrons. The molecular formula is C20H27ClN4O3. The molecule has 0 saturated carbocycles. The van der Waals surface area contributed by atoms with Gasteiger partial charge < -0.3 is 15.5 Å². The number of nitrogens with zero attached hydrogens (tertiary/aromatic N) is 2. The molecule has 1 spiro atoms. The predicted octanol–water partition coefficient (Wildman–Crippen LogP) is 2.71. The third-order valence-electron chi connectivity index (χ3n) is 5.42. The Bertz CT molecular complexity index is 774. The second kappa shape index (κ2) is 8.09. The topological polar surface area (TPSA) is 81.8 Å². The summed E-state index contributed by atoms with van der Waals surface area (Å²) in [5.74, 6) is -0.220. The van der Waals surface area contributed by atoms with Crippen molar-refractivity contribution < 1.29 is 14.4 Å². The highest BCUT2D eigenvalue weighted by Crippen LogP contribution is 2.31. The average Bonchev–Trinajstić information content (AvgIpc) is 2.88. The molecule has 1 atom stereocenters. The van der Waals surface area contributed by atoms with Gasteiger partial charge in [0.15, 0.2) is 0 Å². The number of urea groups is 1. The van der Waals surface area contributed by atoms with Gasteiger partial charge in [0.05, 0.1) is 10.7 Å². The first-order valence-electron chi connectivity index (χ1n) is 9.67. The van der Waals surface area contributed by atoms with E-state index in [1.54, 1.807) is 31.2 Å². The summed E-state index contributed by atoms with van der Waals surface area (Å²) in [6.45, 7) is 8.34. The van der Waals surface area contributed by atoms with Crippen LogP contribution in [-0.2, 0) is 9.59 Å². The first-order valence-corrected chi connectivity index (χ1v) is 10.0. The van der Waals surface area contributed by atoms with Crippen LogP contribution in [0.4, 0.5) is 10.5 Å². The Balaban J connectivity index is 1.68. The summed E-state index contributed by atoms with van der Waals surface area (Å²) in [5, 5.41) is 5.95. The Labute approximate surface area is 170 Å². The minimum Gasteiger partial charge on any atom is -0.323 e. The van der Waals surface area contributed by atoms with Crippen LogP contribution in [0.2, 0.25) is 5.02 Å². The maximum Gasteiger partial charge on any atom is 0.325 e. The van der Waals surface area contributed by atoms with Crippen LogP contribution in [0.1, 0.15) is 33.6 Å². The molecule has 1 unspecified atom stereocenters. The average molecular weight is 407 g/mol. The number of para-hydroxylation sites is 1. The van der Waals surface area contributed by atoms with Crippen LogP contribution in [0.5, 0.6) is 0 Å². The zero-order valence-electron chi connectivity index (χ0n) is 16.5. The van der Waals surface area contributed by atoms with E-state index >= 15 is 0 Å². The first-order chi connectivity index (χ1) is 13.2. The number of imide groups is 1. The molecule has 28 heavy (non-hydrogen) atoms. The standard InChI is InChI=1S/C20H27ClN4O3/c1-13(2)12-24-10-8-20(9-11-24)18(27)25(19(28)23-20)14(3)17(26)22-16-7-5-4-6-15(16)21/h4-7,13-14H,8-12H2,1-3H3,(H,22,26)(H,23,28). The van der Waals surface area contributed by atoms with Gasteiger partial charge in [-0.2, -0.15) is 0 Å². The molecule has 0 aromatic heterocycles. The van der Waals surface area contributed by atoms with Crippen LogP contribution >= 0.6 is 11.6 Å². The summed E-state index contributed by atoms with van der Waals surface area (Å²) in [7, 11) is 0. The van der Waals surface area contributed by atoms with Gasteiger partial charge in [-0.1, -0.05) is 37.6 Å². The number of rotatable bonds is 5. The minimum atomic E-state index is -0.933. The zero-order chi connectivity index (χ0) is 20.5. The quantitative estimate of drug-likeness (QED) is 0.736. The maximum absolute atomic E-state index is 13.1. The summed E-state index contributed by atoms with van der Waals surface area (Å²) in [6.07, 6.45) is 1.11. The lowest BCUT2D eigenvalue weighted by atomic mass is 9.87. The lowest BCUT2D eigenvalue weighted by Gasteiger charge is -2.38. The largest absolute Gasteiger partial charge is 0.325 e. The molecule has 0 bridgehead atoms. The lowest BCUT2D eigenvalue weighted by molar-refractivity contribution is -0.137. The van der Waals surface area contributed by atoms with Crippen molar-refractivity contribution in [2.45, 2.75) is 45.2 Å². The fourth-order valence-electron chi connectivity index (χ4n) is 3.88. The van der Waals surface area contributed by atoms with Crippen molar-refractivity contribution in [1.82, 2.24) is 15.1 Å². The van der Waals surface area contributed by atoms with E-state index in [9.17, 15) is 14.4 Å². The SMILES string of the molecule is CC(C)CN1CCC2(CC1)NC(=O)N(C(C)C(=O)Nc1ccccc1Cl)C2=O. The van der Waals surface area contributed by atoms with E-state index in [-0.39, 0.29) is 5.91 Å². The normalized spacial score (nSPS) is 20.5. The molecule has 4 amide bonds. The molecule has 2 aliphatic rings. The lowest BCUT2D eigenvalue weighted by Crippen LogP contribution is -2.56. The van der Waals surface area contributed by atoms with E-state index in [1.807, 2.05) is 0 Å². The third-order valence-corrected chi connectivity index (χ3v) is 5.75.